The zero-order chi connectivity index (χ0) is 13.9. The third-order valence-electron chi connectivity index (χ3n) is 3.05. The number of aromatic amines is 1. The fourth-order valence-electron chi connectivity index (χ4n) is 2.13. The highest BCUT2D eigenvalue weighted by Gasteiger charge is 2.10. The number of fused-ring (bicyclic) bond motifs is 1. The van der Waals surface area contributed by atoms with Crippen molar-refractivity contribution in [1.29, 1.82) is 0 Å². The van der Waals surface area contributed by atoms with E-state index in [1.54, 1.807) is 13.3 Å². The van der Waals surface area contributed by atoms with Crippen LogP contribution in [0.3, 0.4) is 0 Å². The highest BCUT2D eigenvalue weighted by Crippen LogP contribution is 2.20. The van der Waals surface area contributed by atoms with Crippen molar-refractivity contribution in [1.82, 2.24) is 29.3 Å². The summed E-state index contributed by atoms with van der Waals surface area (Å²) >= 11 is 5.34. The smallest absolute Gasteiger partial charge is 0.242 e. The molecule has 0 amide bonds. The van der Waals surface area contributed by atoms with E-state index in [9.17, 15) is 0 Å². The van der Waals surface area contributed by atoms with Crippen LogP contribution in [0, 0.1) is 4.77 Å². The lowest BCUT2D eigenvalue weighted by Crippen LogP contribution is -2.05. The summed E-state index contributed by atoms with van der Waals surface area (Å²) in [5, 5.41) is 4.18. The minimum absolute atomic E-state index is 0.506. The number of H-pyrrole nitrogens is 1. The Bertz CT molecular complexity index is 760. The summed E-state index contributed by atoms with van der Waals surface area (Å²) in [6.45, 7) is 1.60. The average molecular weight is 290 g/mol. The van der Waals surface area contributed by atoms with Gasteiger partial charge in [-0.2, -0.15) is 10.1 Å². The number of nitrogens with one attached hydrogen (secondary N) is 1. The summed E-state index contributed by atoms with van der Waals surface area (Å²) in [7, 11) is 1.58. The number of aromatic nitrogens is 6. The first-order valence-corrected chi connectivity index (χ1v) is 6.65. The van der Waals surface area contributed by atoms with Gasteiger partial charge in [0.25, 0.3) is 0 Å². The SMILES string of the molecule is COc1ncnc2c1[nH]c(=S)n2CCCn1cccn1. The molecule has 0 unspecified atom stereocenters. The molecule has 7 nitrogen and oxygen atoms in total. The summed E-state index contributed by atoms with van der Waals surface area (Å²) in [5.41, 5.74) is 1.50. The van der Waals surface area contributed by atoms with E-state index in [-0.39, 0.29) is 0 Å². The van der Waals surface area contributed by atoms with Crippen molar-refractivity contribution in [2.45, 2.75) is 19.5 Å². The molecule has 104 valence electrons. The molecule has 0 atom stereocenters. The molecule has 0 aromatic carbocycles. The lowest BCUT2D eigenvalue weighted by atomic mass is 10.4. The van der Waals surface area contributed by atoms with Crippen molar-refractivity contribution in [3.63, 3.8) is 0 Å². The number of nitrogens with zero attached hydrogens (tertiary/aromatic N) is 5. The average Bonchev–Trinajstić information content (AvgIpc) is 3.07. The van der Waals surface area contributed by atoms with E-state index in [0.717, 1.165) is 30.7 Å². The molecule has 0 aliphatic rings. The standard InChI is InChI=1S/C12H14N6OS/c1-19-11-9-10(13-8-14-11)18(12(20)16-9)7-3-6-17-5-2-4-15-17/h2,4-5,8H,3,6-7H2,1H3,(H,16,20). The van der Waals surface area contributed by atoms with Gasteiger partial charge < -0.3 is 14.3 Å². The van der Waals surface area contributed by atoms with Gasteiger partial charge in [-0.05, 0) is 24.7 Å². The maximum Gasteiger partial charge on any atom is 0.242 e. The first-order chi connectivity index (χ1) is 9.79. The minimum atomic E-state index is 0.506. The molecule has 0 saturated carbocycles. The number of aryl methyl sites for hydroxylation is 2. The Kier molecular flexibility index (Phi) is 3.46. The molecular weight excluding hydrogens is 276 g/mol. The van der Waals surface area contributed by atoms with Crippen LogP contribution >= 0.6 is 12.2 Å². The summed E-state index contributed by atoms with van der Waals surface area (Å²) in [6, 6.07) is 1.91. The number of imidazole rings is 1. The molecule has 0 radical (unpaired) electrons. The quantitative estimate of drug-likeness (QED) is 0.725. The summed E-state index contributed by atoms with van der Waals surface area (Å²) < 4.78 is 9.68. The fourth-order valence-corrected chi connectivity index (χ4v) is 2.41. The molecule has 0 aliphatic heterocycles. The van der Waals surface area contributed by atoms with E-state index in [2.05, 4.69) is 20.1 Å². The molecule has 20 heavy (non-hydrogen) atoms. The van der Waals surface area contributed by atoms with Crippen LogP contribution in [0.5, 0.6) is 5.88 Å². The molecule has 3 rings (SSSR count). The second-order valence-corrected chi connectivity index (χ2v) is 4.67. The van der Waals surface area contributed by atoms with Crippen LogP contribution in [0.25, 0.3) is 11.2 Å². The van der Waals surface area contributed by atoms with Crippen molar-refractivity contribution >= 4 is 23.4 Å². The fraction of sp³-hybridized carbons (Fsp3) is 0.333. The zero-order valence-corrected chi connectivity index (χ0v) is 11.8. The minimum Gasteiger partial charge on any atom is -0.479 e. The number of hydrogen-bond acceptors (Lipinski definition) is 5. The largest absolute Gasteiger partial charge is 0.479 e. The van der Waals surface area contributed by atoms with Gasteiger partial charge in [-0.25, -0.2) is 4.98 Å². The number of rotatable bonds is 5. The lowest BCUT2D eigenvalue weighted by molar-refractivity contribution is 0.401. The Balaban J connectivity index is 1.84. The summed E-state index contributed by atoms with van der Waals surface area (Å²) in [4.78, 5) is 11.4. The van der Waals surface area contributed by atoms with E-state index >= 15 is 0 Å². The zero-order valence-electron chi connectivity index (χ0n) is 11.0. The van der Waals surface area contributed by atoms with Gasteiger partial charge in [-0.15, -0.1) is 0 Å². The van der Waals surface area contributed by atoms with E-state index in [4.69, 9.17) is 17.0 Å². The van der Waals surface area contributed by atoms with E-state index in [0.29, 0.717) is 10.7 Å². The first-order valence-electron chi connectivity index (χ1n) is 6.24. The summed E-state index contributed by atoms with van der Waals surface area (Å²) in [5.74, 6) is 0.506. The van der Waals surface area contributed by atoms with E-state index in [1.165, 1.54) is 6.33 Å². The van der Waals surface area contributed by atoms with Gasteiger partial charge in [-0.3, -0.25) is 4.68 Å². The summed E-state index contributed by atoms with van der Waals surface area (Å²) in [6.07, 6.45) is 6.11. The number of ether oxygens (including phenoxy) is 1. The second-order valence-electron chi connectivity index (χ2n) is 4.29. The van der Waals surface area contributed by atoms with Crippen LogP contribution in [-0.4, -0.2) is 36.4 Å². The van der Waals surface area contributed by atoms with Crippen molar-refractivity contribution in [3.05, 3.63) is 29.6 Å². The second kappa shape index (κ2) is 5.41. The van der Waals surface area contributed by atoms with Crippen LogP contribution in [0.15, 0.2) is 24.8 Å². The molecule has 8 heteroatoms. The van der Waals surface area contributed by atoms with Gasteiger partial charge in [-0.1, -0.05) is 0 Å². The molecule has 0 bridgehead atoms. The Morgan fingerprint density at radius 3 is 3.00 bits per heavy atom. The van der Waals surface area contributed by atoms with Crippen LogP contribution in [0.1, 0.15) is 6.42 Å². The lowest BCUT2D eigenvalue weighted by Gasteiger charge is -2.04. The molecule has 3 heterocycles. The Labute approximate surface area is 120 Å². The first kappa shape index (κ1) is 12.8. The Morgan fingerprint density at radius 1 is 1.35 bits per heavy atom. The predicted octanol–water partition coefficient (Wildman–Crippen LogP) is 1.78. The molecule has 1 N–H and O–H groups in total. The maximum atomic E-state index is 5.34. The highest BCUT2D eigenvalue weighted by molar-refractivity contribution is 7.71. The highest BCUT2D eigenvalue weighted by atomic mass is 32.1. The molecule has 0 aliphatic carbocycles. The number of methoxy groups -OCH3 is 1. The Morgan fingerprint density at radius 2 is 2.25 bits per heavy atom. The van der Waals surface area contributed by atoms with Crippen LogP contribution < -0.4 is 4.74 Å². The monoisotopic (exact) mass is 290 g/mol. The van der Waals surface area contributed by atoms with Gasteiger partial charge in [0.15, 0.2) is 10.4 Å². The molecule has 3 aromatic rings. The van der Waals surface area contributed by atoms with Crippen LogP contribution in [-0.2, 0) is 13.1 Å². The van der Waals surface area contributed by atoms with Gasteiger partial charge in [0, 0.05) is 25.5 Å². The maximum absolute atomic E-state index is 5.34. The molecule has 0 saturated heterocycles. The van der Waals surface area contributed by atoms with Crippen molar-refractivity contribution < 1.29 is 4.74 Å². The molecule has 3 aromatic heterocycles. The third-order valence-corrected chi connectivity index (χ3v) is 3.37. The van der Waals surface area contributed by atoms with E-state index < -0.39 is 0 Å². The van der Waals surface area contributed by atoms with Crippen molar-refractivity contribution in [3.8, 4) is 5.88 Å². The van der Waals surface area contributed by atoms with Crippen LogP contribution in [0.4, 0.5) is 0 Å². The van der Waals surface area contributed by atoms with Gasteiger partial charge in [0.2, 0.25) is 5.88 Å². The van der Waals surface area contributed by atoms with Gasteiger partial charge >= 0.3 is 0 Å². The molecule has 0 spiro atoms. The predicted molar refractivity (Wildman–Crippen MR) is 76.1 cm³/mol. The number of hydrogen-bond donors (Lipinski definition) is 1. The Hall–Kier alpha value is -2.22. The third kappa shape index (κ3) is 2.29. The van der Waals surface area contributed by atoms with Crippen molar-refractivity contribution in [2.75, 3.05) is 7.11 Å². The normalized spacial score (nSPS) is 11.1. The van der Waals surface area contributed by atoms with Crippen molar-refractivity contribution in [2.24, 2.45) is 0 Å². The van der Waals surface area contributed by atoms with E-state index in [1.807, 2.05) is 21.5 Å². The molecule has 0 fully saturated rings. The van der Waals surface area contributed by atoms with Crippen LogP contribution in [0.2, 0.25) is 0 Å². The molecular formula is C12H14N6OS. The van der Waals surface area contributed by atoms with Gasteiger partial charge in [0.05, 0.1) is 7.11 Å². The van der Waals surface area contributed by atoms with Gasteiger partial charge in [0.1, 0.15) is 11.8 Å². The topological polar surface area (TPSA) is 73.6 Å².